The number of benzene rings is 1. The highest BCUT2D eigenvalue weighted by Crippen LogP contribution is 2.36. The molecule has 0 aliphatic heterocycles. The average molecular weight is 266 g/mol. The summed E-state index contributed by atoms with van der Waals surface area (Å²) >= 11 is 0. The number of halogens is 4. The number of hydrogen-bond donors (Lipinski definition) is 1. The molecule has 0 heterocycles. The van der Waals surface area contributed by atoms with Gasteiger partial charge in [-0.25, -0.2) is 4.39 Å². The Labute approximate surface area is 102 Å². The molecule has 0 aromatic heterocycles. The van der Waals surface area contributed by atoms with E-state index < -0.39 is 29.2 Å². The predicted molar refractivity (Wildman–Crippen MR) is 57.5 cm³/mol. The predicted octanol–water partition coefficient (Wildman–Crippen LogP) is 3.30. The van der Waals surface area contributed by atoms with Gasteiger partial charge in [0.15, 0.2) is 0 Å². The lowest BCUT2D eigenvalue weighted by Gasteiger charge is -2.17. The third-order valence-corrected chi connectivity index (χ3v) is 2.50. The van der Waals surface area contributed by atoms with Crippen LogP contribution in [-0.2, 0) is 10.9 Å². The van der Waals surface area contributed by atoms with Gasteiger partial charge < -0.3 is 9.84 Å². The van der Waals surface area contributed by atoms with Crippen molar-refractivity contribution in [1.29, 1.82) is 0 Å². The van der Waals surface area contributed by atoms with Crippen molar-refractivity contribution in [3.63, 3.8) is 0 Å². The van der Waals surface area contributed by atoms with E-state index in [1.165, 1.54) is 7.11 Å². The lowest BCUT2D eigenvalue weighted by Crippen LogP contribution is -2.13. The Balaban J connectivity index is 2.94. The van der Waals surface area contributed by atoms with Gasteiger partial charge in [0, 0.05) is 13.7 Å². The van der Waals surface area contributed by atoms with E-state index in [2.05, 4.69) is 0 Å². The zero-order valence-electron chi connectivity index (χ0n) is 9.80. The minimum atomic E-state index is -4.61. The molecule has 18 heavy (non-hydrogen) atoms. The third-order valence-electron chi connectivity index (χ3n) is 2.50. The Morgan fingerprint density at radius 3 is 2.56 bits per heavy atom. The normalized spacial score (nSPS) is 13.7. The van der Waals surface area contributed by atoms with Crippen LogP contribution >= 0.6 is 0 Å². The highest BCUT2D eigenvalue weighted by atomic mass is 19.4. The van der Waals surface area contributed by atoms with Crippen molar-refractivity contribution in [2.24, 2.45) is 0 Å². The number of alkyl halides is 3. The molecule has 0 spiro atoms. The van der Waals surface area contributed by atoms with Crippen molar-refractivity contribution in [2.45, 2.75) is 25.1 Å². The van der Waals surface area contributed by atoms with Gasteiger partial charge in [-0.15, -0.1) is 0 Å². The van der Waals surface area contributed by atoms with Crippen molar-refractivity contribution in [3.05, 3.63) is 35.1 Å². The van der Waals surface area contributed by atoms with E-state index in [0.29, 0.717) is 19.1 Å². The van der Waals surface area contributed by atoms with Gasteiger partial charge in [-0.2, -0.15) is 13.2 Å². The van der Waals surface area contributed by atoms with Crippen LogP contribution in [0.2, 0.25) is 0 Å². The highest BCUT2D eigenvalue weighted by Gasteiger charge is 2.35. The molecule has 1 aromatic rings. The van der Waals surface area contributed by atoms with E-state index in [1.54, 1.807) is 0 Å². The van der Waals surface area contributed by atoms with Crippen molar-refractivity contribution in [2.75, 3.05) is 13.7 Å². The molecule has 1 N–H and O–H groups in total. The van der Waals surface area contributed by atoms with Gasteiger partial charge in [0.1, 0.15) is 5.82 Å². The van der Waals surface area contributed by atoms with Gasteiger partial charge in [-0.3, -0.25) is 0 Å². The van der Waals surface area contributed by atoms with Crippen LogP contribution in [0.3, 0.4) is 0 Å². The molecule has 102 valence electrons. The smallest absolute Gasteiger partial charge is 0.388 e. The zero-order chi connectivity index (χ0) is 13.8. The van der Waals surface area contributed by atoms with Gasteiger partial charge >= 0.3 is 6.18 Å². The summed E-state index contributed by atoms with van der Waals surface area (Å²) in [6.45, 7) is 0.327. The summed E-state index contributed by atoms with van der Waals surface area (Å²) in [6, 6.07) is 2.10. The van der Waals surface area contributed by atoms with E-state index >= 15 is 0 Å². The Bertz CT molecular complexity index is 390. The molecule has 0 radical (unpaired) electrons. The lowest BCUT2D eigenvalue weighted by molar-refractivity contribution is -0.139. The van der Waals surface area contributed by atoms with E-state index in [0.717, 1.165) is 12.1 Å². The summed E-state index contributed by atoms with van der Waals surface area (Å²) in [6.07, 6.45) is -5.48. The van der Waals surface area contributed by atoms with E-state index in [4.69, 9.17) is 4.74 Å². The fraction of sp³-hybridized carbons (Fsp3) is 0.500. The van der Waals surface area contributed by atoms with Crippen molar-refractivity contribution < 1.29 is 27.4 Å². The van der Waals surface area contributed by atoms with E-state index in [-0.39, 0.29) is 6.42 Å². The van der Waals surface area contributed by atoms with Gasteiger partial charge in [0.05, 0.1) is 11.7 Å². The summed E-state index contributed by atoms with van der Waals surface area (Å²) in [7, 11) is 1.45. The summed E-state index contributed by atoms with van der Waals surface area (Å²) < 4.78 is 55.7. The zero-order valence-corrected chi connectivity index (χ0v) is 9.80. The summed E-state index contributed by atoms with van der Waals surface area (Å²) in [5.41, 5.74) is -1.44. The maximum Gasteiger partial charge on any atom is 0.416 e. The average Bonchev–Trinajstić information content (AvgIpc) is 2.27. The first kappa shape index (κ1) is 14.9. The monoisotopic (exact) mass is 266 g/mol. The van der Waals surface area contributed by atoms with Crippen LogP contribution in [0.5, 0.6) is 0 Å². The van der Waals surface area contributed by atoms with Crippen LogP contribution in [0.4, 0.5) is 17.6 Å². The van der Waals surface area contributed by atoms with Crippen molar-refractivity contribution in [1.82, 2.24) is 0 Å². The fourth-order valence-corrected chi connectivity index (χ4v) is 1.64. The molecule has 1 atom stereocenters. The summed E-state index contributed by atoms with van der Waals surface area (Å²) in [5, 5.41) is 9.69. The van der Waals surface area contributed by atoms with Gasteiger partial charge in [0.2, 0.25) is 0 Å². The molecule has 0 aliphatic rings. The maximum absolute atomic E-state index is 13.0. The number of hydrogen-bond acceptors (Lipinski definition) is 2. The number of aliphatic hydroxyl groups is 1. The Morgan fingerprint density at radius 1 is 1.33 bits per heavy atom. The number of ether oxygens (including phenoxy) is 1. The standard InChI is InChI=1S/C12H14F4O2/c1-18-6-2-3-11(17)9-7-8(13)4-5-10(9)12(14,15)16/h4-5,7,11,17H,2-3,6H2,1H3. The van der Waals surface area contributed by atoms with Crippen LogP contribution in [0.25, 0.3) is 0 Å². The van der Waals surface area contributed by atoms with E-state index in [1.807, 2.05) is 0 Å². The maximum atomic E-state index is 13.0. The molecule has 2 nitrogen and oxygen atoms in total. The minimum Gasteiger partial charge on any atom is -0.388 e. The second-order valence-electron chi connectivity index (χ2n) is 3.88. The molecule has 0 saturated heterocycles. The SMILES string of the molecule is COCCCC(O)c1cc(F)ccc1C(F)(F)F. The van der Waals surface area contributed by atoms with Crippen LogP contribution in [0, 0.1) is 5.82 Å². The molecule has 1 unspecified atom stereocenters. The number of methoxy groups -OCH3 is 1. The van der Waals surface area contributed by atoms with Gasteiger partial charge in [-0.05, 0) is 36.6 Å². The van der Waals surface area contributed by atoms with Crippen LogP contribution in [-0.4, -0.2) is 18.8 Å². The Hall–Kier alpha value is -1.14. The second kappa shape index (κ2) is 6.15. The first-order chi connectivity index (χ1) is 8.36. The Morgan fingerprint density at radius 2 is 2.00 bits per heavy atom. The number of aliphatic hydroxyl groups excluding tert-OH is 1. The first-order valence-electron chi connectivity index (χ1n) is 5.40. The quantitative estimate of drug-likeness (QED) is 0.654. The molecule has 1 aromatic carbocycles. The summed E-state index contributed by atoms with van der Waals surface area (Å²) in [5.74, 6) is -0.802. The molecule has 0 amide bonds. The van der Waals surface area contributed by atoms with Gasteiger partial charge in [-0.1, -0.05) is 0 Å². The fourth-order valence-electron chi connectivity index (χ4n) is 1.64. The third kappa shape index (κ3) is 3.96. The largest absolute Gasteiger partial charge is 0.416 e. The highest BCUT2D eigenvalue weighted by molar-refractivity contribution is 5.32. The number of rotatable bonds is 5. The molecule has 6 heteroatoms. The molecular weight excluding hydrogens is 252 g/mol. The van der Waals surface area contributed by atoms with Crippen molar-refractivity contribution in [3.8, 4) is 0 Å². The molecular formula is C12H14F4O2. The second-order valence-corrected chi connectivity index (χ2v) is 3.88. The lowest BCUT2D eigenvalue weighted by atomic mass is 9.98. The Kier molecular flexibility index (Phi) is 5.10. The first-order valence-corrected chi connectivity index (χ1v) is 5.40. The van der Waals surface area contributed by atoms with Crippen LogP contribution in [0.1, 0.15) is 30.1 Å². The van der Waals surface area contributed by atoms with Crippen LogP contribution < -0.4 is 0 Å². The molecule has 0 bridgehead atoms. The summed E-state index contributed by atoms with van der Waals surface area (Å²) in [4.78, 5) is 0. The van der Waals surface area contributed by atoms with E-state index in [9.17, 15) is 22.7 Å². The molecule has 0 saturated carbocycles. The van der Waals surface area contributed by atoms with Crippen molar-refractivity contribution >= 4 is 0 Å². The molecule has 1 rings (SSSR count). The van der Waals surface area contributed by atoms with Gasteiger partial charge in [0.25, 0.3) is 0 Å². The topological polar surface area (TPSA) is 29.5 Å². The van der Waals surface area contributed by atoms with Crippen LogP contribution in [0.15, 0.2) is 18.2 Å². The molecule has 0 fully saturated rings. The minimum absolute atomic E-state index is 0.0837. The molecule has 0 aliphatic carbocycles.